The number of nitrogens with zero attached hydrogens (tertiary/aromatic N) is 2. The zero-order chi connectivity index (χ0) is 19.3. The van der Waals surface area contributed by atoms with Gasteiger partial charge in [0.2, 0.25) is 10.0 Å². The Morgan fingerprint density at radius 1 is 1.19 bits per heavy atom. The number of hydrogen-bond donors (Lipinski definition) is 0. The molecule has 0 radical (unpaired) electrons. The van der Waals surface area contributed by atoms with Crippen LogP contribution in [-0.4, -0.2) is 37.6 Å². The highest BCUT2D eigenvalue weighted by Crippen LogP contribution is 2.36. The Hall–Kier alpha value is -2.03. The lowest BCUT2D eigenvalue weighted by Gasteiger charge is -2.18. The molecule has 142 valence electrons. The summed E-state index contributed by atoms with van der Waals surface area (Å²) in [5, 5.41) is 4.10. The Morgan fingerprint density at radius 3 is 2.70 bits per heavy atom. The van der Waals surface area contributed by atoms with Gasteiger partial charge in [-0.25, -0.2) is 17.2 Å². The standard InChI is InChI=1S/C18H15ClF2N2O3S/c1-10-5-6-13(20)16(7-10)27(24,25)23-8-11-15(9-23)26-22-18(11)17-12(19)3-2-4-14(17)21/h2-7,11,15H,8-9H2,1H3. The average Bonchev–Trinajstić information content (AvgIpc) is 3.19. The van der Waals surface area contributed by atoms with Crippen molar-refractivity contribution in [3.05, 3.63) is 64.2 Å². The molecule has 5 nitrogen and oxygen atoms in total. The van der Waals surface area contributed by atoms with Gasteiger partial charge in [-0.1, -0.05) is 28.9 Å². The van der Waals surface area contributed by atoms with E-state index in [0.29, 0.717) is 5.56 Å². The third kappa shape index (κ3) is 3.01. The lowest BCUT2D eigenvalue weighted by atomic mass is 9.94. The van der Waals surface area contributed by atoms with Crippen LogP contribution in [0.3, 0.4) is 0 Å². The van der Waals surface area contributed by atoms with E-state index in [1.54, 1.807) is 6.92 Å². The number of aryl methyl sites for hydroxylation is 1. The number of fused-ring (bicyclic) bond motifs is 1. The van der Waals surface area contributed by atoms with E-state index in [0.717, 1.165) is 10.4 Å². The smallest absolute Gasteiger partial charge is 0.246 e. The molecule has 0 N–H and O–H groups in total. The third-order valence-corrected chi connectivity index (χ3v) is 6.96. The van der Waals surface area contributed by atoms with Crippen molar-refractivity contribution in [1.82, 2.24) is 4.31 Å². The van der Waals surface area contributed by atoms with Crippen molar-refractivity contribution >= 4 is 27.3 Å². The van der Waals surface area contributed by atoms with Crippen molar-refractivity contribution in [2.45, 2.75) is 17.9 Å². The Morgan fingerprint density at radius 2 is 1.96 bits per heavy atom. The lowest BCUT2D eigenvalue weighted by molar-refractivity contribution is 0.0803. The van der Waals surface area contributed by atoms with Gasteiger partial charge in [-0.15, -0.1) is 0 Å². The molecule has 2 aliphatic heterocycles. The normalized spacial score (nSPS) is 22.4. The van der Waals surface area contributed by atoms with Crippen LogP contribution in [0.1, 0.15) is 11.1 Å². The molecule has 2 atom stereocenters. The molecule has 2 aliphatic rings. The summed E-state index contributed by atoms with van der Waals surface area (Å²) in [5.74, 6) is -1.86. The van der Waals surface area contributed by atoms with Crippen LogP contribution in [0, 0.1) is 24.5 Å². The molecule has 27 heavy (non-hydrogen) atoms. The molecule has 9 heteroatoms. The lowest BCUT2D eigenvalue weighted by Crippen LogP contribution is -2.31. The summed E-state index contributed by atoms with van der Waals surface area (Å²) < 4.78 is 55.3. The first-order chi connectivity index (χ1) is 12.8. The molecule has 0 bridgehead atoms. The van der Waals surface area contributed by atoms with E-state index in [2.05, 4.69) is 5.16 Å². The Labute approximate surface area is 160 Å². The van der Waals surface area contributed by atoms with E-state index in [1.165, 1.54) is 30.3 Å². The summed E-state index contributed by atoms with van der Waals surface area (Å²) in [6.07, 6.45) is -0.571. The Bertz CT molecular complexity index is 1040. The van der Waals surface area contributed by atoms with Crippen molar-refractivity contribution in [2.75, 3.05) is 13.1 Å². The van der Waals surface area contributed by atoms with E-state index >= 15 is 0 Å². The number of oxime groups is 1. The Kier molecular flexibility index (Phi) is 4.44. The van der Waals surface area contributed by atoms with Crippen molar-refractivity contribution in [3.8, 4) is 0 Å². The van der Waals surface area contributed by atoms with Gasteiger partial charge in [-0.3, -0.25) is 0 Å². The maximum Gasteiger partial charge on any atom is 0.246 e. The molecule has 2 unspecified atom stereocenters. The zero-order valence-electron chi connectivity index (χ0n) is 14.2. The molecule has 0 aromatic heterocycles. The molecule has 4 rings (SSSR count). The van der Waals surface area contributed by atoms with Gasteiger partial charge < -0.3 is 4.84 Å². The van der Waals surface area contributed by atoms with Gasteiger partial charge in [-0.05, 0) is 36.8 Å². The predicted octanol–water partition coefficient (Wildman–Crippen LogP) is 3.35. The van der Waals surface area contributed by atoms with Crippen LogP contribution in [-0.2, 0) is 14.9 Å². The predicted molar refractivity (Wildman–Crippen MR) is 96.2 cm³/mol. The number of rotatable bonds is 3. The quantitative estimate of drug-likeness (QED) is 0.776. The average molecular weight is 413 g/mol. The van der Waals surface area contributed by atoms with E-state index in [9.17, 15) is 17.2 Å². The summed E-state index contributed by atoms with van der Waals surface area (Å²) in [4.78, 5) is 4.95. The SMILES string of the molecule is Cc1ccc(F)c(S(=O)(=O)N2CC3ON=C(c4c(F)cccc4Cl)C3C2)c1. The zero-order valence-corrected chi connectivity index (χ0v) is 15.8. The van der Waals surface area contributed by atoms with Crippen LogP contribution < -0.4 is 0 Å². The molecule has 2 heterocycles. The van der Waals surface area contributed by atoms with Crippen LogP contribution in [0.2, 0.25) is 5.02 Å². The summed E-state index contributed by atoms with van der Waals surface area (Å²) in [5.41, 5.74) is 1.00. The highest BCUT2D eigenvalue weighted by atomic mass is 35.5. The van der Waals surface area contributed by atoms with Gasteiger partial charge in [0, 0.05) is 6.54 Å². The minimum atomic E-state index is -4.06. The monoisotopic (exact) mass is 412 g/mol. The first kappa shape index (κ1) is 18.3. The first-order valence-electron chi connectivity index (χ1n) is 8.23. The van der Waals surface area contributed by atoms with Crippen molar-refractivity contribution in [2.24, 2.45) is 11.1 Å². The first-order valence-corrected chi connectivity index (χ1v) is 10.0. The van der Waals surface area contributed by atoms with Gasteiger partial charge in [0.1, 0.15) is 16.5 Å². The van der Waals surface area contributed by atoms with Crippen LogP contribution in [0.25, 0.3) is 0 Å². The fraction of sp³-hybridized carbons (Fsp3) is 0.278. The van der Waals surface area contributed by atoms with E-state index < -0.39 is 33.7 Å². The highest BCUT2D eigenvalue weighted by Gasteiger charge is 2.48. The summed E-state index contributed by atoms with van der Waals surface area (Å²) in [7, 11) is -4.06. The molecule has 1 fully saturated rings. The number of halogens is 3. The van der Waals surface area contributed by atoms with Gasteiger partial charge in [0.25, 0.3) is 0 Å². The second kappa shape index (κ2) is 6.54. The van der Waals surface area contributed by atoms with Crippen molar-refractivity contribution in [3.63, 3.8) is 0 Å². The molecular formula is C18H15ClF2N2O3S. The fourth-order valence-corrected chi connectivity index (χ4v) is 5.31. The molecule has 2 aromatic carbocycles. The van der Waals surface area contributed by atoms with Gasteiger partial charge in [0.15, 0.2) is 6.10 Å². The molecular weight excluding hydrogens is 398 g/mol. The number of sulfonamides is 1. The second-order valence-electron chi connectivity index (χ2n) is 6.58. The summed E-state index contributed by atoms with van der Waals surface area (Å²) >= 11 is 6.10. The fourth-order valence-electron chi connectivity index (χ4n) is 3.42. The van der Waals surface area contributed by atoms with Gasteiger partial charge in [-0.2, -0.15) is 4.31 Å². The summed E-state index contributed by atoms with van der Waals surface area (Å²) in [6.45, 7) is 1.69. The summed E-state index contributed by atoms with van der Waals surface area (Å²) in [6, 6.07) is 8.18. The largest absolute Gasteiger partial charge is 0.390 e. The molecule has 1 saturated heterocycles. The molecule has 0 amide bonds. The second-order valence-corrected chi connectivity index (χ2v) is 8.89. The molecule has 0 aliphatic carbocycles. The van der Waals surface area contributed by atoms with Crippen LogP contribution in [0.4, 0.5) is 8.78 Å². The minimum absolute atomic E-state index is 0.000542. The van der Waals surface area contributed by atoms with Crippen LogP contribution in [0.5, 0.6) is 0 Å². The number of benzene rings is 2. The topological polar surface area (TPSA) is 59.0 Å². The van der Waals surface area contributed by atoms with Crippen molar-refractivity contribution in [1.29, 1.82) is 0 Å². The van der Waals surface area contributed by atoms with Crippen LogP contribution >= 0.6 is 11.6 Å². The molecule has 2 aromatic rings. The maximum absolute atomic E-state index is 14.3. The molecule has 0 saturated carbocycles. The minimum Gasteiger partial charge on any atom is -0.390 e. The highest BCUT2D eigenvalue weighted by molar-refractivity contribution is 7.89. The third-order valence-electron chi connectivity index (χ3n) is 4.79. The van der Waals surface area contributed by atoms with E-state index in [1.807, 2.05) is 0 Å². The number of hydrogen-bond acceptors (Lipinski definition) is 4. The van der Waals surface area contributed by atoms with Gasteiger partial charge in [0.05, 0.1) is 28.8 Å². The van der Waals surface area contributed by atoms with E-state index in [-0.39, 0.29) is 34.3 Å². The molecule has 0 spiro atoms. The van der Waals surface area contributed by atoms with Crippen LogP contribution in [0.15, 0.2) is 46.4 Å². The van der Waals surface area contributed by atoms with Crippen molar-refractivity contribution < 1.29 is 22.0 Å². The Balaban J connectivity index is 1.66. The van der Waals surface area contributed by atoms with E-state index in [4.69, 9.17) is 16.4 Å². The van der Waals surface area contributed by atoms with Gasteiger partial charge >= 0.3 is 0 Å². The maximum atomic E-state index is 14.3.